The van der Waals surface area contributed by atoms with E-state index in [0.29, 0.717) is 5.02 Å². The van der Waals surface area contributed by atoms with Crippen LogP contribution in [0.1, 0.15) is 18.4 Å². The largest absolute Gasteiger partial charge is 0.468 e. The molecule has 0 aliphatic carbocycles. The van der Waals surface area contributed by atoms with Crippen LogP contribution in [0, 0.1) is 0 Å². The molecule has 1 aromatic rings. The van der Waals surface area contributed by atoms with Gasteiger partial charge in [-0.25, -0.2) is 0 Å². The Morgan fingerprint density at radius 2 is 1.88 bits per heavy atom. The van der Waals surface area contributed by atoms with Gasteiger partial charge in [-0.05, 0) is 43.6 Å². The van der Waals surface area contributed by atoms with Crippen LogP contribution >= 0.6 is 11.6 Å². The van der Waals surface area contributed by atoms with Gasteiger partial charge >= 0.3 is 5.97 Å². The number of hydrogen-bond donors (Lipinski definition) is 1. The minimum atomic E-state index is -0.509. The lowest BCUT2D eigenvalue weighted by Crippen LogP contribution is -2.46. The van der Waals surface area contributed by atoms with Gasteiger partial charge in [0.15, 0.2) is 0 Å². The molecule has 0 saturated carbocycles. The van der Waals surface area contributed by atoms with Crippen molar-refractivity contribution in [2.24, 2.45) is 0 Å². The average Bonchev–Trinajstić information content (AvgIpc) is 2.39. The molecule has 3 nitrogen and oxygen atoms in total. The zero-order chi connectivity index (χ0) is 12.3. The van der Waals surface area contributed by atoms with Crippen molar-refractivity contribution in [2.75, 3.05) is 20.2 Å². The van der Waals surface area contributed by atoms with E-state index in [1.165, 1.54) is 7.11 Å². The molecule has 0 spiro atoms. The Hall–Kier alpha value is -1.06. The number of ether oxygens (including phenoxy) is 1. The quantitative estimate of drug-likeness (QED) is 0.821. The van der Waals surface area contributed by atoms with Crippen LogP contribution in [-0.2, 0) is 14.9 Å². The molecule has 0 aromatic heterocycles. The summed E-state index contributed by atoms with van der Waals surface area (Å²) < 4.78 is 4.98. The molecule has 1 aliphatic rings. The molecule has 1 N–H and O–H groups in total. The lowest BCUT2D eigenvalue weighted by Gasteiger charge is -2.35. The predicted octanol–water partition coefficient (Wildman–Crippen LogP) is 2.13. The molecular weight excluding hydrogens is 238 g/mol. The maximum absolute atomic E-state index is 12.1. The van der Waals surface area contributed by atoms with Crippen molar-refractivity contribution in [3.63, 3.8) is 0 Å². The Balaban J connectivity index is 2.38. The van der Waals surface area contributed by atoms with Gasteiger partial charge in [-0.15, -0.1) is 0 Å². The molecule has 1 aliphatic heterocycles. The van der Waals surface area contributed by atoms with Crippen LogP contribution in [0.3, 0.4) is 0 Å². The number of methoxy groups -OCH3 is 1. The van der Waals surface area contributed by atoms with E-state index < -0.39 is 5.41 Å². The highest BCUT2D eigenvalue weighted by Crippen LogP contribution is 2.35. The highest BCUT2D eigenvalue weighted by atomic mass is 35.5. The number of piperidine rings is 1. The number of carbonyl (C=O) groups is 1. The molecule has 0 amide bonds. The summed E-state index contributed by atoms with van der Waals surface area (Å²) in [7, 11) is 1.45. The van der Waals surface area contributed by atoms with Crippen molar-refractivity contribution in [2.45, 2.75) is 18.3 Å². The summed E-state index contributed by atoms with van der Waals surface area (Å²) in [6.45, 7) is 1.66. The summed E-state index contributed by atoms with van der Waals surface area (Å²) in [5, 5.41) is 3.95. The van der Waals surface area contributed by atoms with Crippen molar-refractivity contribution >= 4 is 17.6 Å². The van der Waals surface area contributed by atoms with Gasteiger partial charge in [-0.1, -0.05) is 23.7 Å². The zero-order valence-electron chi connectivity index (χ0n) is 9.83. The minimum absolute atomic E-state index is 0.152. The van der Waals surface area contributed by atoms with Gasteiger partial charge in [0, 0.05) is 5.02 Å². The maximum Gasteiger partial charge on any atom is 0.316 e. The van der Waals surface area contributed by atoms with Gasteiger partial charge in [0.25, 0.3) is 0 Å². The first-order valence-corrected chi connectivity index (χ1v) is 6.12. The fourth-order valence-corrected chi connectivity index (χ4v) is 2.55. The minimum Gasteiger partial charge on any atom is -0.468 e. The Morgan fingerprint density at radius 1 is 1.29 bits per heavy atom. The molecular formula is C13H16ClNO2. The van der Waals surface area contributed by atoms with Crippen molar-refractivity contribution in [1.82, 2.24) is 5.32 Å². The average molecular weight is 254 g/mol. The molecule has 1 saturated heterocycles. The third kappa shape index (κ3) is 2.31. The normalized spacial score (nSPS) is 18.7. The van der Waals surface area contributed by atoms with E-state index in [4.69, 9.17) is 16.3 Å². The SMILES string of the molecule is COC(=O)C1(c2ccc(Cl)cc2)CCNCC1. The first-order valence-electron chi connectivity index (χ1n) is 5.74. The molecule has 0 radical (unpaired) electrons. The summed E-state index contributed by atoms with van der Waals surface area (Å²) >= 11 is 5.88. The first kappa shape index (κ1) is 12.4. The lowest BCUT2D eigenvalue weighted by atomic mass is 9.73. The summed E-state index contributed by atoms with van der Waals surface area (Å²) in [6.07, 6.45) is 1.53. The molecule has 92 valence electrons. The van der Waals surface area contributed by atoms with Crippen LogP contribution in [-0.4, -0.2) is 26.2 Å². The molecule has 4 heteroatoms. The molecule has 2 rings (SSSR count). The smallest absolute Gasteiger partial charge is 0.316 e. The van der Waals surface area contributed by atoms with E-state index in [9.17, 15) is 4.79 Å². The number of halogens is 1. The van der Waals surface area contributed by atoms with Crippen molar-refractivity contribution < 1.29 is 9.53 Å². The number of carbonyl (C=O) groups excluding carboxylic acids is 1. The standard InChI is InChI=1S/C13H16ClNO2/c1-17-12(16)13(6-8-15-9-7-13)10-2-4-11(14)5-3-10/h2-5,15H,6-9H2,1H3. The molecule has 0 atom stereocenters. The van der Waals surface area contributed by atoms with Crippen molar-refractivity contribution in [3.05, 3.63) is 34.9 Å². The Labute approximate surface area is 106 Å². The molecule has 1 aromatic carbocycles. The fourth-order valence-electron chi connectivity index (χ4n) is 2.43. The van der Waals surface area contributed by atoms with Crippen LogP contribution < -0.4 is 5.32 Å². The second-order valence-electron chi connectivity index (χ2n) is 4.33. The van der Waals surface area contributed by atoms with E-state index in [0.717, 1.165) is 31.5 Å². The van der Waals surface area contributed by atoms with Gasteiger partial charge in [0.2, 0.25) is 0 Å². The van der Waals surface area contributed by atoms with Gasteiger partial charge in [0.05, 0.1) is 12.5 Å². The van der Waals surface area contributed by atoms with Crippen LogP contribution in [0.25, 0.3) is 0 Å². The van der Waals surface area contributed by atoms with E-state index in [-0.39, 0.29) is 5.97 Å². The summed E-state index contributed by atoms with van der Waals surface area (Å²) in [5.74, 6) is -0.152. The number of nitrogens with one attached hydrogen (secondary N) is 1. The monoisotopic (exact) mass is 253 g/mol. The molecule has 0 bridgehead atoms. The zero-order valence-corrected chi connectivity index (χ0v) is 10.6. The van der Waals surface area contributed by atoms with Crippen molar-refractivity contribution in [1.29, 1.82) is 0 Å². The first-order chi connectivity index (χ1) is 8.19. The lowest BCUT2D eigenvalue weighted by molar-refractivity contribution is -0.148. The molecule has 1 heterocycles. The summed E-state index contributed by atoms with van der Waals surface area (Å²) in [5.41, 5.74) is 0.486. The summed E-state index contributed by atoms with van der Waals surface area (Å²) in [4.78, 5) is 12.1. The number of esters is 1. The molecule has 1 fully saturated rings. The third-order valence-corrected chi connectivity index (χ3v) is 3.68. The van der Waals surface area contributed by atoms with Gasteiger partial charge < -0.3 is 10.1 Å². The van der Waals surface area contributed by atoms with Gasteiger partial charge in [0.1, 0.15) is 0 Å². The number of benzene rings is 1. The highest BCUT2D eigenvalue weighted by molar-refractivity contribution is 6.30. The molecule has 0 unspecified atom stereocenters. The van der Waals surface area contributed by atoms with Crippen LogP contribution in [0.4, 0.5) is 0 Å². The predicted molar refractivity (Wildman–Crippen MR) is 67.2 cm³/mol. The van der Waals surface area contributed by atoms with Gasteiger partial charge in [-0.3, -0.25) is 4.79 Å². The van der Waals surface area contributed by atoms with Gasteiger partial charge in [-0.2, -0.15) is 0 Å². The van der Waals surface area contributed by atoms with E-state index in [1.54, 1.807) is 0 Å². The van der Waals surface area contributed by atoms with Crippen molar-refractivity contribution in [3.8, 4) is 0 Å². The second-order valence-corrected chi connectivity index (χ2v) is 4.77. The number of rotatable bonds is 2. The van der Waals surface area contributed by atoms with Crippen LogP contribution in [0.5, 0.6) is 0 Å². The molecule has 17 heavy (non-hydrogen) atoms. The Kier molecular flexibility index (Phi) is 3.69. The summed E-state index contributed by atoms with van der Waals surface area (Å²) in [6, 6.07) is 7.49. The van der Waals surface area contributed by atoms with E-state index in [2.05, 4.69) is 5.32 Å². The van der Waals surface area contributed by atoms with E-state index in [1.807, 2.05) is 24.3 Å². The number of hydrogen-bond acceptors (Lipinski definition) is 3. The fraction of sp³-hybridized carbons (Fsp3) is 0.462. The van der Waals surface area contributed by atoms with Crippen LogP contribution in [0.15, 0.2) is 24.3 Å². The Bertz CT molecular complexity index is 396. The maximum atomic E-state index is 12.1. The third-order valence-electron chi connectivity index (χ3n) is 3.43. The topological polar surface area (TPSA) is 38.3 Å². The van der Waals surface area contributed by atoms with E-state index >= 15 is 0 Å². The van der Waals surface area contributed by atoms with Crippen LogP contribution in [0.2, 0.25) is 5.02 Å². The second kappa shape index (κ2) is 5.07. The Morgan fingerprint density at radius 3 is 2.41 bits per heavy atom. The highest BCUT2D eigenvalue weighted by Gasteiger charge is 2.42.